The minimum atomic E-state index is -0.645. The number of rotatable bonds is 6. The number of carbonyl (C=O) groups is 3. The Bertz CT molecular complexity index is 577. The summed E-state index contributed by atoms with van der Waals surface area (Å²) in [4.78, 5) is 34.7. The molecule has 6 nitrogen and oxygen atoms in total. The fraction of sp³-hybridized carbons (Fsp3) is 0.471. The van der Waals surface area contributed by atoms with Gasteiger partial charge in [-0.25, -0.2) is 9.59 Å². The largest absolute Gasteiger partial charge is 0.452 e. The lowest BCUT2D eigenvalue weighted by molar-refractivity contribution is -0.123. The molecule has 2 rings (SSSR count). The summed E-state index contributed by atoms with van der Waals surface area (Å²) in [5.74, 6) is -0.690. The smallest absolute Gasteiger partial charge is 0.338 e. The molecule has 6 heteroatoms. The van der Waals surface area contributed by atoms with Crippen molar-refractivity contribution in [2.45, 2.75) is 39.2 Å². The Balaban J connectivity index is 1.74. The Morgan fingerprint density at radius 2 is 1.83 bits per heavy atom. The van der Waals surface area contributed by atoms with Crippen LogP contribution in [0.5, 0.6) is 0 Å². The van der Waals surface area contributed by atoms with Crippen LogP contribution in [0.2, 0.25) is 0 Å². The van der Waals surface area contributed by atoms with Crippen LogP contribution in [0.15, 0.2) is 24.3 Å². The molecule has 124 valence electrons. The number of carbonyl (C=O) groups excluding carboxylic acids is 3. The normalized spacial score (nSPS) is 13.5. The van der Waals surface area contributed by atoms with Gasteiger partial charge in [-0.2, -0.15) is 0 Å². The Kier molecular flexibility index (Phi) is 5.73. The number of imide groups is 1. The van der Waals surface area contributed by atoms with Crippen LogP contribution in [-0.2, 0) is 16.0 Å². The molecule has 2 N–H and O–H groups in total. The lowest BCUT2D eigenvalue weighted by atomic mass is 10.0. The van der Waals surface area contributed by atoms with Crippen molar-refractivity contribution in [3.05, 3.63) is 35.4 Å². The van der Waals surface area contributed by atoms with Crippen LogP contribution in [0.4, 0.5) is 4.79 Å². The van der Waals surface area contributed by atoms with E-state index in [-0.39, 0.29) is 6.04 Å². The van der Waals surface area contributed by atoms with Gasteiger partial charge in [0.1, 0.15) is 0 Å². The first-order chi connectivity index (χ1) is 10.9. The predicted molar refractivity (Wildman–Crippen MR) is 85.0 cm³/mol. The average Bonchev–Trinajstić information content (AvgIpc) is 3.28. The van der Waals surface area contributed by atoms with Gasteiger partial charge >= 0.3 is 12.0 Å². The molecule has 1 saturated carbocycles. The van der Waals surface area contributed by atoms with E-state index < -0.39 is 24.5 Å². The van der Waals surface area contributed by atoms with Gasteiger partial charge in [0, 0.05) is 6.04 Å². The molecule has 0 heterocycles. The molecule has 1 aliphatic carbocycles. The number of hydrogen-bond donors (Lipinski definition) is 2. The van der Waals surface area contributed by atoms with E-state index >= 15 is 0 Å². The fourth-order valence-electron chi connectivity index (χ4n) is 2.07. The molecule has 1 aromatic carbocycles. The second-order valence-electron chi connectivity index (χ2n) is 6.17. The zero-order chi connectivity index (χ0) is 16.8. The van der Waals surface area contributed by atoms with Crippen LogP contribution < -0.4 is 10.6 Å². The number of hydrogen-bond acceptors (Lipinski definition) is 4. The molecule has 23 heavy (non-hydrogen) atoms. The second-order valence-corrected chi connectivity index (χ2v) is 6.17. The van der Waals surface area contributed by atoms with Gasteiger partial charge in [0.05, 0.1) is 5.56 Å². The van der Waals surface area contributed by atoms with E-state index in [1.165, 1.54) is 0 Å². The number of nitrogens with one attached hydrogen (secondary N) is 2. The third kappa shape index (κ3) is 6.10. The molecule has 3 amide bonds. The topological polar surface area (TPSA) is 84.5 Å². The Hall–Kier alpha value is -2.37. The van der Waals surface area contributed by atoms with Crippen molar-refractivity contribution in [1.29, 1.82) is 0 Å². The van der Waals surface area contributed by atoms with Crippen LogP contribution in [0, 0.1) is 5.92 Å². The molecule has 0 spiro atoms. The Labute approximate surface area is 135 Å². The highest BCUT2D eigenvalue weighted by Crippen LogP contribution is 2.18. The zero-order valence-electron chi connectivity index (χ0n) is 13.4. The Morgan fingerprint density at radius 3 is 2.39 bits per heavy atom. The summed E-state index contributed by atoms with van der Waals surface area (Å²) >= 11 is 0. The average molecular weight is 318 g/mol. The third-order valence-electron chi connectivity index (χ3n) is 3.33. The van der Waals surface area contributed by atoms with Crippen molar-refractivity contribution >= 4 is 17.9 Å². The van der Waals surface area contributed by atoms with Crippen LogP contribution in [0.1, 0.15) is 42.6 Å². The highest BCUT2D eigenvalue weighted by Gasteiger charge is 2.24. The van der Waals surface area contributed by atoms with Gasteiger partial charge in [0.15, 0.2) is 6.61 Å². The summed E-state index contributed by atoms with van der Waals surface area (Å²) in [6.07, 6.45) is 2.81. The minimum absolute atomic E-state index is 0.162. The summed E-state index contributed by atoms with van der Waals surface area (Å²) in [6, 6.07) is 6.72. The zero-order valence-corrected chi connectivity index (χ0v) is 13.4. The standard InChI is InChI=1S/C17H22N2O4/c1-11(2)9-12-3-5-13(6-4-12)16(21)23-10-15(20)19-17(22)18-14-7-8-14/h3-6,11,14H,7-10H2,1-2H3,(H2,18,19,20,22). The van der Waals surface area contributed by atoms with Gasteiger partial charge in [0.2, 0.25) is 0 Å². The monoisotopic (exact) mass is 318 g/mol. The molecular weight excluding hydrogens is 296 g/mol. The van der Waals surface area contributed by atoms with Crippen molar-refractivity contribution in [2.75, 3.05) is 6.61 Å². The molecule has 0 unspecified atom stereocenters. The van der Waals surface area contributed by atoms with E-state index in [0.717, 1.165) is 24.8 Å². The third-order valence-corrected chi connectivity index (χ3v) is 3.33. The second kappa shape index (κ2) is 7.76. The van der Waals surface area contributed by atoms with Gasteiger partial charge in [-0.1, -0.05) is 26.0 Å². The van der Waals surface area contributed by atoms with E-state index in [1.807, 2.05) is 12.1 Å². The molecule has 0 saturated heterocycles. The molecular formula is C17H22N2O4. The lowest BCUT2D eigenvalue weighted by Gasteiger charge is -2.08. The summed E-state index contributed by atoms with van der Waals surface area (Å²) in [6.45, 7) is 3.77. The highest BCUT2D eigenvalue weighted by molar-refractivity contribution is 5.97. The van der Waals surface area contributed by atoms with E-state index in [9.17, 15) is 14.4 Å². The molecule has 0 aromatic heterocycles. The first-order valence-electron chi connectivity index (χ1n) is 7.80. The van der Waals surface area contributed by atoms with Crippen LogP contribution in [0.25, 0.3) is 0 Å². The number of ether oxygens (including phenoxy) is 1. The van der Waals surface area contributed by atoms with Crippen LogP contribution in [-0.4, -0.2) is 30.6 Å². The fourth-order valence-corrected chi connectivity index (χ4v) is 2.07. The summed E-state index contributed by atoms with van der Waals surface area (Å²) < 4.78 is 4.90. The lowest BCUT2D eigenvalue weighted by Crippen LogP contribution is -2.42. The quantitative estimate of drug-likeness (QED) is 0.786. The van der Waals surface area contributed by atoms with Crippen molar-refractivity contribution < 1.29 is 19.1 Å². The van der Waals surface area contributed by atoms with Crippen molar-refractivity contribution in [1.82, 2.24) is 10.6 Å². The highest BCUT2D eigenvalue weighted by atomic mass is 16.5. The van der Waals surface area contributed by atoms with Gasteiger partial charge in [-0.05, 0) is 42.9 Å². The number of urea groups is 1. The maximum atomic E-state index is 11.9. The van der Waals surface area contributed by atoms with Gasteiger partial charge in [-0.15, -0.1) is 0 Å². The summed E-state index contributed by atoms with van der Waals surface area (Å²) in [7, 11) is 0. The molecule has 0 atom stereocenters. The molecule has 0 radical (unpaired) electrons. The molecule has 1 fully saturated rings. The van der Waals surface area contributed by atoms with Gasteiger partial charge in [0.25, 0.3) is 5.91 Å². The maximum Gasteiger partial charge on any atom is 0.338 e. The number of esters is 1. The first-order valence-corrected chi connectivity index (χ1v) is 7.80. The Morgan fingerprint density at radius 1 is 1.17 bits per heavy atom. The van der Waals surface area contributed by atoms with Crippen molar-refractivity contribution in [2.24, 2.45) is 5.92 Å². The molecule has 0 bridgehead atoms. The maximum absolute atomic E-state index is 11.9. The van der Waals surface area contributed by atoms with Gasteiger partial charge < -0.3 is 10.1 Å². The van der Waals surface area contributed by atoms with E-state index in [2.05, 4.69) is 24.5 Å². The van der Waals surface area contributed by atoms with Crippen molar-refractivity contribution in [3.63, 3.8) is 0 Å². The van der Waals surface area contributed by atoms with E-state index in [4.69, 9.17) is 4.74 Å². The molecule has 1 aliphatic rings. The molecule has 1 aromatic rings. The number of amides is 3. The minimum Gasteiger partial charge on any atom is -0.452 e. The van der Waals surface area contributed by atoms with Crippen LogP contribution >= 0.6 is 0 Å². The molecule has 0 aliphatic heterocycles. The summed E-state index contributed by atoms with van der Waals surface area (Å²) in [5, 5.41) is 4.74. The summed E-state index contributed by atoms with van der Waals surface area (Å²) in [5.41, 5.74) is 1.53. The predicted octanol–water partition coefficient (Wildman–Crippen LogP) is 2.03. The van der Waals surface area contributed by atoms with Crippen LogP contribution in [0.3, 0.4) is 0 Å². The van der Waals surface area contributed by atoms with E-state index in [1.54, 1.807) is 12.1 Å². The van der Waals surface area contributed by atoms with E-state index in [0.29, 0.717) is 11.5 Å². The van der Waals surface area contributed by atoms with Crippen molar-refractivity contribution in [3.8, 4) is 0 Å². The first kappa shape index (κ1) is 17.0. The number of benzene rings is 1. The SMILES string of the molecule is CC(C)Cc1ccc(C(=O)OCC(=O)NC(=O)NC2CC2)cc1. The van der Waals surface area contributed by atoms with Gasteiger partial charge in [-0.3, -0.25) is 10.1 Å².